The van der Waals surface area contributed by atoms with Crippen molar-refractivity contribution in [3.8, 4) is 5.75 Å². The van der Waals surface area contributed by atoms with Gasteiger partial charge >= 0.3 is 0 Å². The summed E-state index contributed by atoms with van der Waals surface area (Å²) in [5.74, 6) is 1.44. The van der Waals surface area contributed by atoms with Crippen LogP contribution in [0.25, 0.3) is 0 Å². The number of aromatic hydroxyl groups is 1. The maximum atomic E-state index is 10.3. The molecule has 106 valence electrons. The molecule has 2 fully saturated rings. The van der Waals surface area contributed by atoms with Crippen LogP contribution < -0.4 is 0 Å². The summed E-state index contributed by atoms with van der Waals surface area (Å²) in [6.07, 6.45) is 7.51. The molecule has 2 heteroatoms. The second kappa shape index (κ2) is 4.11. The fourth-order valence-corrected chi connectivity index (χ4v) is 4.93. The predicted molar refractivity (Wildman–Crippen MR) is 78.7 cm³/mol. The highest BCUT2D eigenvalue weighted by molar-refractivity contribution is 5.47. The fourth-order valence-electron chi connectivity index (χ4n) is 4.93. The molecular weight excluding hydrogens is 248 g/mol. The number of allylic oxidation sites excluding steroid dienone is 2. The number of hydrogen-bond donors (Lipinski definition) is 2. The number of rotatable bonds is 0. The van der Waals surface area contributed by atoms with Crippen LogP contribution in [0.15, 0.2) is 29.8 Å². The Kier molecular flexibility index (Phi) is 2.56. The molecule has 0 aromatic heterocycles. The number of aliphatic hydroxyl groups excluding tert-OH is 1. The maximum Gasteiger partial charge on any atom is 0.115 e. The van der Waals surface area contributed by atoms with Gasteiger partial charge in [-0.15, -0.1) is 0 Å². The second-order valence-electron chi connectivity index (χ2n) is 7.03. The first-order valence-corrected chi connectivity index (χ1v) is 7.79. The van der Waals surface area contributed by atoms with E-state index in [2.05, 4.69) is 19.1 Å². The fraction of sp³-hybridized carbons (Fsp3) is 0.556. The van der Waals surface area contributed by atoms with Crippen LogP contribution in [0.4, 0.5) is 0 Å². The summed E-state index contributed by atoms with van der Waals surface area (Å²) in [7, 11) is 0. The molecule has 0 radical (unpaired) electrons. The number of aliphatic hydroxyl groups is 1. The molecule has 0 amide bonds. The van der Waals surface area contributed by atoms with Gasteiger partial charge < -0.3 is 10.2 Å². The van der Waals surface area contributed by atoms with Crippen LogP contribution in [-0.2, 0) is 6.42 Å². The predicted octanol–water partition coefficient (Wildman–Crippen LogP) is 3.53. The van der Waals surface area contributed by atoms with E-state index >= 15 is 0 Å². The van der Waals surface area contributed by atoms with E-state index in [1.165, 1.54) is 11.1 Å². The van der Waals surface area contributed by atoms with Crippen LogP contribution in [0.2, 0.25) is 0 Å². The third-order valence-electron chi connectivity index (χ3n) is 6.12. The summed E-state index contributed by atoms with van der Waals surface area (Å²) >= 11 is 0. The zero-order valence-electron chi connectivity index (χ0n) is 12.0. The standard InChI is InChI=1S/C18H22O2/c1-18-9-8-14-13-5-3-12(19)10-11(13)2-4-15(14)16(18)6-7-17(18)20/h3-5,10,14,16-17,19-20H,2,6-9H2,1H3/t14-,16-,17-,18+/m1/s1. The minimum atomic E-state index is -0.129. The van der Waals surface area contributed by atoms with Crippen molar-refractivity contribution in [3.05, 3.63) is 41.0 Å². The lowest BCUT2D eigenvalue weighted by molar-refractivity contribution is 0.0267. The molecule has 0 spiro atoms. The van der Waals surface area contributed by atoms with Crippen molar-refractivity contribution in [1.82, 2.24) is 0 Å². The molecule has 0 heterocycles. The van der Waals surface area contributed by atoms with Gasteiger partial charge in [0.25, 0.3) is 0 Å². The molecule has 0 saturated heterocycles. The topological polar surface area (TPSA) is 40.5 Å². The molecule has 4 atom stereocenters. The Morgan fingerprint density at radius 3 is 2.90 bits per heavy atom. The summed E-state index contributed by atoms with van der Waals surface area (Å²) in [5, 5.41) is 20.0. The average Bonchev–Trinajstić information content (AvgIpc) is 2.74. The Labute approximate surface area is 120 Å². The zero-order valence-corrected chi connectivity index (χ0v) is 12.0. The third kappa shape index (κ3) is 1.54. The van der Waals surface area contributed by atoms with Crippen molar-refractivity contribution < 1.29 is 10.2 Å². The first-order chi connectivity index (χ1) is 9.59. The van der Waals surface area contributed by atoms with Crippen molar-refractivity contribution >= 4 is 0 Å². The molecule has 3 aliphatic rings. The van der Waals surface area contributed by atoms with Gasteiger partial charge in [0.05, 0.1) is 6.10 Å². The van der Waals surface area contributed by atoms with E-state index in [0.717, 1.165) is 32.1 Å². The summed E-state index contributed by atoms with van der Waals surface area (Å²) in [6.45, 7) is 2.28. The summed E-state index contributed by atoms with van der Waals surface area (Å²) in [5.41, 5.74) is 4.34. The normalized spacial score (nSPS) is 38.7. The Morgan fingerprint density at radius 2 is 2.05 bits per heavy atom. The van der Waals surface area contributed by atoms with Gasteiger partial charge in [-0.25, -0.2) is 0 Å². The molecule has 0 unspecified atom stereocenters. The number of hydrogen-bond acceptors (Lipinski definition) is 2. The van der Waals surface area contributed by atoms with Gasteiger partial charge in [0.15, 0.2) is 0 Å². The Hall–Kier alpha value is -1.28. The van der Waals surface area contributed by atoms with Crippen molar-refractivity contribution in [2.75, 3.05) is 0 Å². The molecule has 2 saturated carbocycles. The smallest absolute Gasteiger partial charge is 0.115 e. The maximum absolute atomic E-state index is 10.3. The van der Waals surface area contributed by atoms with Gasteiger partial charge in [-0.05, 0) is 61.3 Å². The Morgan fingerprint density at radius 1 is 1.20 bits per heavy atom. The van der Waals surface area contributed by atoms with Gasteiger partial charge in [0.2, 0.25) is 0 Å². The van der Waals surface area contributed by atoms with E-state index in [-0.39, 0.29) is 11.5 Å². The van der Waals surface area contributed by atoms with Gasteiger partial charge in [-0.2, -0.15) is 0 Å². The minimum absolute atomic E-state index is 0.0940. The van der Waals surface area contributed by atoms with E-state index in [1.807, 2.05) is 12.1 Å². The highest BCUT2D eigenvalue weighted by Crippen LogP contribution is 2.59. The highest BCUT2D eigenvalue weighted by Gasteiger charge is 2.51. The molecule has 20 heavy (non-hydrogen) atoms. The van der Waals surface area contributed by atoms with E-state index in [0.29, 0.717) is 17.6 Å². The molecule has 0 aliphatic heterocycles. The van der Waals surface area contributed by atoms with Crippen LogP contribution in [0.1, 0.15) is 49.7 Å². The lowest BCUT2D eigenvalue weighted by Gasteiger charge is -2.46. The Bertz CT molecular complexity index is 589. The molecule has 1 aromatic rings. The lowest BCUT2D eigenvalue weighted by atomic mass is 9.59. The van der Waals surface area contributed by atoms with E-state index < -0.39 is 0 Å². The minimum Gasteiger partial charge on any atom is -0.508 e. The van der Waals surface area contributed by atoms with Gasteiger partial charge in [0.1, 0.15) is 5.75 Å². The molecular formula is C18H22O2. The van der Waals surface area contributed by atoms with E-state index in [9.17, 15) is 10.2 Å². The lowest BCUT2D eigenvalue weighted by Crippen LogP contribution is -2.39. The Balaban J connectivity index is 1.76. The molecule has 0 bridgehead atoms. The third-order valence-corrected chi connectivity index (χ3v) is 6.12. The monoisotopic (exact) mass is 270 g/mol. The van der Waals surface area contributed by atoms with Crippen molar-refractivity contribution in [2.24, 2.45) is 11.3 Å². The van der Waals surface area contributed by atoms with Gasteiger partial charge in [-0.1, -0.05) is 24.6 Å². The number of fused-ring (bicyclic) bond motifs is 5. The van der Waals surface area contributed by atoms with Crippen molar-refractivity contribution in [3.63, 3.8) is 0 Å². The first kappa shape index (κ1) is 12.5. The van der Waals surface area contributed by atoms with Crippen molar-refractivity contribution in [2.45, 2.75) is 51.0 Å². The molecule has 2 N–H and O–H groups in total. The summed E-state index contributed by atoms with van der Waals surface area (Å²) < 4.78 is 0. The molecule has 2 nitrogen and oxygen atoms in total. The SMILES string of the molecule is C[C@]12CC[C@H]3C(=CCc4cc(O)ccc43)[C@H]1CC[C@H]2O. The zero-order chi connectivity index (χ0) is 13.9. The van der Waals surface area contributed by atoms with Crippen LogP contribution in [0, 0.1) is 11.3 Å². The van der Waals surface area contributed by atoms with Gasteiger partial charge in [-0.3, -0.25) is 0 Å². The van der Waals surface area contributed by atoms with E-state index in [1.54, 1.807) is 5.57 Å². The van der Waals surface area contributed by atoms with E-state index in [4.69, 9.17) is 0 Å². The molecule has 3 aliphatic carbocycles. The summed E-state index contributed by atoms with van der Waals surface area (Å²) in [6, 6.07) is 5.84. The highest BCUT2D eigenvalue weighted by atomic mass is 16.3. The number of phenols is 1. The summed E-state index contributed by atoms with van der Waals surface area (Å²) in [4.78, 5) is 0. The van der Waals surface area contributed by atoms with Crippen LogP contribution in [-0.4, -0.2) is 16.3 Å². The average molecular weight is 270 g/mol. The molecule has 1 aromatic carbocycles. The van der Waals surface area contributed by atoms with Crippen LogP contribution >= 0.6 is 0 Å². The van der Waals surface area contributed by atoms with Crippen molar-refractivity contribution in [1.29, 1.82) is 0 Å². The molecule has 4 rings (SSSR count). The van der Waals surface area contributed by atoms with Gasteiger partial charge in [0, 0.05) is 11.3 Å². The number of benzene rings is 1. The quantitative estimate of drug-likeness (QED) is 0.708. The first-order valence-electron chi connectivity index (χ1n) is 7.79. The van der Waals surface area contributed by atoms with Crippen LogP contribution in [0.3, 0.4) is 0 Å². The second-order valence-corrected chi connectivity index (χ2v) is 7.03. The van der Waals surface area contributed by atoms with Crippen LogP contribution in [0.5, 0.6) is 5.75 Å². The number of phenolic OH excluding ortho intramolecular Hbond substituents is 1. The largest absolute Gasteiger partial charge is 0.508 e.